The molecule has 3 aromatic rings. The standard InChI is InChI=1S/C23H22ClN3O3/c24-18-6-2-1-5-17(18)14-26-23(30)16-9-7-15(8-10-16)13-25-19-20(22(29)21(19)28)27-11-3-4-12-27/h1-2,5-10,25H,3-4,11-14H2,(H,26,30). The Morgan fingerprint density at radius 3 is 2.33 bits per heavy atom. The number of anilines is 2. The Labute approximate surface area is 179 Å². The molecule has 0 bridgehead atoms. The first kappa shape index (κ1) is 20.2. The summed E-state index contributed by atoms with van der Waals surface area (Å²) in [5.74, 6) is -0.187. The first-order chi connectivity index (χ1) is 14.5. The minimum absolute atomic E-state index is 0.187. The Morgan fingerprint density at radius 2 is 1.63 bits per heavy atom. The smallest absolute Gasteiger partial charge is 0.253 e. The molecule has 1 saturated heterocycles. The van der Waals surface area contributed by atoms with E-state index in [1.54, 1.807) is 18.2 Å². The third kappa shape index (κ3) is 4.09. The second-order valence-electron chi connectivity index (χ2n) is 7.40. The maximum atomic E-state index is 12.4. The van der Waals surface area contributed by atoms with Gasteiger partial charge in [0.15, 0.2) is 0 Å². The van der Waals surface area contributed by atoms with Crippen molar-refractivity contribution in [2.24, 2.45) is 0 Å². The minimum Gasteiger partial charge on any atom is -0.376 e. The number of carbonyl (C=O) groups is 1. The van der Waals surface area contributed by atoms with Gasteiger partial charge in [-0.05, 0) is 42.2 Å². The molecule has 3 aromatic carbocycles. The maximum absolute atomic E-state index is 12.4. The number of hydrogen-bond acceptors (Lipinski definition) is 5. The van der Waals surface area contributed by atoms with Crippen LogP contribution in [0.3, 0.4) is 0 Å². The molecule has 1 amide bonds. The number of nitrogens with one attached hydrogen (secondary N) is 2. The lowest BCUT2D eigenvalue weighted by atomic mass is 10.1. The van der Waals surface area contributed by atoms with Crippen molar-refractivity contribution < 1.29 is 4.79 Å². The maximum Gasteiger partial charge on any atom is 0.253 e. The molecule has 0 radical (unpaired) electrons. The van der Waals surface area contributed by atoms with Gasteiger partial charge in [-0.15, -0.1) is 0 Å². The highest BCUT2D eigenvalue weighted by Gasteiger charge is 2.27. The second-order valence-corrected chi connectivity index (χ2v) is 7.81. The zero-order chi connectivity index (χ0) is 21.1. The van der Waals surface area contributed by atoms with E-state index in [1.807, 2.05) is 35.2 Å². The number of nitrogens with zero attached hydrogens (tertiary/aromatic N) is 1. The number of carbonyl (C=O) groups excluding carboxylic acids is 1. The molecule has 0 spiro atoms. The van der Waals surface area contributed by atoms with Crippen molar-refractivity contribution in [3.8, 4) is 0 Å². The Morgan fingerprint density at radius 1 is 0.933 bits per heavy atom. The van der Waals surface area contributed by atoms with Gasteiger partial charge in [0, 0.05) is 36.8 Å². The fourth-order valence-electron chi connectivity index (χ4n) is 3.67. The summed E-state index contributed by atoms with van der Waals surface area (Å²) in [6.07, 6.45) is 2.08. The van der Waals surface area contributed by atoms with Gasteiger partial charge in [-0.3, -0.25) is 14.4 Å². The second kappa shape index (κ2) is 8.71. The number of benzene rings is 2. The minimum atomic E-state index is -0.451. The molecule has 154 valence electrons. The Balaban J connectivity index is 1.35. The fourth-order valence-corrected chi connectivity index (χ4v) is 3.87. The molecule has 4 rings (SSSR count). The summed E-state index contributed by atoms with van der Waals surface area (Å²) >= 11 is 6.11. The number of hydrogen-bond donors (Lipinski definition) is 2. The van der Waals surface area contributed by atoms with Gasteiger partial charge in [0.05, 0.1) is 0 Å². The molecule has 0 atom stereocenters. The number of amides is 1. The van der Waals surface area contributed by atoms with Gasteiger partial charge in [0.25, 0.3) is 16.8 Å². The zero-order valence-electron chi connectivity index (χ0n) is 16.4. The molecule has 6 nitrogen and oxygen atoms in total. The van der Waals surface area contributed by atoms with E-state index in [-0.39, 0.29) is 5.91 Å². The van der Waals surface area contributed by atoms with Crippen LogP contribution in [0.25, 0.3) is 0 Å². The lowest BCUT2D eigenvalue weighted by Gasteiger charge is -2.22. The van der Waals surface area contributed by atoms with Crippen molar-refractivity contribution in [3.63, 3.8) is 0 Å². The molecule has 1 aliphatic heterocycles. The van der Waals surface area contributed by atoms with E-state index in [9.17, 15) is 14.4 Å². The van der Waals surface area contributed by atoms with Gasteiger partial charge in [0.1, 0.15) is 11.4 Å². The summed E-state index contributed by atoms with van der Waals surface area (Å²) in [6.45, 7) is 2.40. The average molecular weight is 424 g/mol. The van der Waals surface area contributed by atoms with E-state index >= 15 is 0 Å². The van der Waals surface area contributed by atoms with Crippen LogP contribution < -0.4 is 26.4 Å². The predicted octanol–water partition coefficient (Wildman–Crippen LogP) is 3.08. The lowest BCUT2D eigenvalue weighted by Crippen LogP contribution is -2.41. The molecule has 1 heterocycles. The van der Waals surface area contributed by atoms with Crippen LogP contribution in [0, 0.1) is 0 Å². The number of halogens is 1. The van der Waals surface area contributed by atoms with E-state index in [0.29, 0.717) is 35.1 Å². The monoisotopic (exact) mass is 423 g/mol. The van der Waals surface area contributed by atoms with Crippen molar-refractivity contribution in [2.45, 2.75) is 25.9 Å². The zero-order valence-corrected chi connectivity index (χ0v) is 17.2. The molecule has 2 N–H and O–H groups in total. The Hall–Kier alpha value is -3.12. The Kier molecular flexibility index (Phi) is 5.86. The summed E-state index contributed by atoms with van der Waals surface area (Å²) in [6, 6.07) is 14.5. The molecule has 0 aliphatic carbocycles. The fraction of sp³-hybridized carbons (Fsp3) is 0.261. The van der Waals surface area contributed by atoms with Gasteiger partial charge in [-0.2, -0.15) is 0 Å². The first-order valence-corrected chi connectivity index (χ1v) is 10.3. The van der Waals surface area contributed by atoms with Gasteiger partial charge < -0.3 is 15.5 Å². The molecular weight excluding hydrogens is 402 g/mol. The third-order valence-electron chi connectivity index (χ3n) is 5.39. The normalized spacial score (nSPS) is 13.6. The highest BCUT2D eigenvalue weighted by atomic mass is 35.5. The van der Waals surface area contributed by atoms with Crippen LogP contribution in [-0.4, -0.2) is 19.0 Å². The molecule has 30 heavy (non-hydrogen) atoms. The highest BCUT2D eigenvalue weighted by molar-refractivity contribution is 6.31. The van der Waals surface area contributed by atoms with Gasteiger partial charge in [0.2, 0.25) is 0 Å². The topological polar surface area (TPSA) is 78.5 Å². The van der Waals surface area contributed by atoms with Gasteiger partial charge >= 0.3 is 0 Å². The van der Waals surface area contributed by atoms with Crippen LogP contribution in [0.1, 0.15) is 34.3 Å². The molecule has 1 fully saturated rings. The molecule has 1 aliphatic rings. The van der Waals surface area contributed by atoms with Crippen molar-refractivity contribution in [2.75, 3.05) is 23.3 Å². The van der Waals surface area contributed by atoms with Crippen molar-refractivity contribution >= 4 is 28.9 Å². The van der Waals surface area contributed by atoms with Crippen LogP contribution in [-0.2, 0) is 13.1 Å². The molecular formula is C23H22ClN3O3. The Bertz CT molecular complexity index is 1130. The lowest BCUT2D eigenvalue weighted by molar-refractivity contribution is 0.0951. The molecule has 7 heteroatoms. The van der Waals surface area contributed by atoms with E-state index in [2.05, 4.69) is 10.6 Å². The third-order valence-corrected chi connectivity index (χ3v) is 5.76. The van der Waals surface area contributed by atoms with Crippen LogP contribution >= 0.6 is 11.6 Å². The molecule has 0 unspecified atom stereocenters. The van der Waals surface area contributed by atoms with Crippen molar-refractivity contribution in [1.82, 2.24) is 5.32 Å². The summed E-state index contributed by atoms with van der Waals surface area (Å²) in [5.41, 5.74) is 2.39. The SMILES string of the molecule is O=C(NCc1ccccc1Cl)c1ccc(CNc2c(N3CCCC3)c(=O)c2=O)cc1. The van der Waals surface area contributed by atoms with E-state index in [0.717, 1.165) is 37.1 Å². The van der Waals surface area contributed by atoms with Gasteiger partial charge in [-0.1, -0.05) is 41.9 Å². The largest absolute Gasteiger partial charge is 0.376 e. The number of rotatable bonds is 7. The predicted molar refractivity (Wildman–Crippen MR) is 119 cm³/mol. The summed E-state index contributed by atoms with van der Waals surface area (Å²) < 4.78 is 0. The van der Waals surface area contributed by atoms with Crippen LogP contribution in [0.15, 0.2) is 58.1 Å². The summed E-state index contributed by atoms with van der Waals surface area (Å²) in [7, 11) is 0. The average Bonchev–Trinajstić information content (AvgIpc) is 3.29. The molecule has 0 aromatic heterocycles. The van der Waals surface area contributed by atoms with Crippen LogP contribution in [0.5, 0.6) is 0 Å². The first-order valence-electron chi connectivity index (χ1n) is 9.97. The quantitative estimate of drug-likeness (QED) is 0.571. The van der Waals surface area contributed by atoms with Crippen molar-refractivity contribution in [1.29, 1.82) is 0 Å². The van der Waals surface area contributed by atoms with E-state index in [4.69, 9.17) is 11.6 Å². The highest BCUT2D eigenvalue weighted by Crippen LogP contribution is 2.24. The summed E-state index contributed by atoms with van der Waals surface area (Å²) in [4.78, 5) is 38.2. The van der Waals surface area contributed by atoms with E-state index < -0.39 is 10.9 Å². The van der Waals surface area contributed by atoms with Crippen LogP contribution in [0.4, 0.5) is 11.4 Å². The van der Waals surface area contributed by atoms with Crippen LogP contribution in [0.2, 0.25) is 5.02 Å². The van der Waals surface area contributed by atoms with Gasteiger partial charge in [-0.25, -0.2) is 0 Å². The summed E-state index contributed by atoms with van der Waals surface area (Å²) in [5, 5.41) is 6.57. The van der Waals surface area contributed by atoms with Crippen molar-refractivity contribution in [3.05, 3.63) is 90.7 Å². The van der Waals surface area contributed by atoms with E-state index in [1.165, 1.54) is 0 Å². The molecule has 0 saturated carbocycles.